The first-order chi connectivity index (χ1) is 5.94. The summed E-state index contributed by atoms with van der Waals surface area (Å²) < 4.78 is 36.4. The van der Waals surface area contributed by atoms with Crippen molar-refractivity contribution < 1.29 is 18.3 Å². The van der Waals surface area contributed by atoms with Crippen molar-refractivity contribution >= 4 is 11.6 Å². The molecular formula is C6H6ClF3N2O. The van der Waals surface area contributed by atoms with E-state index in [9.17, 15) is 13.2 Å². The summed E-state index contributed by atoms with van der Waals surface area (Å²) in [5, 5.41) is 8.57. The monoisotopic (exact) mass is 214 g/mol. The van der Waals surface area contributed by atoms with E-state index in [1.54, 1.807) is 0 Å². The van der Waals surface area contributed by atoms with Gasteiger partial charge in [-0.2, -0.15) is 13.2 Å². The molecule has 0 aliphatic rings. The lowest BCUT2D eigenvalue weighted by molar-refractivity contribution is -0.141. The van der Waals surface area contributed by atoms with Crippen molar-refractivity contribution in [3.63, 3.8) is 0 Å². The fraction of sp³-hybridized carbons (Fsp3) is 0.500. The lowest BCUT2D eigenvalue weighted by Gasteiger charge is -2.09. The van der Waals surface area contributed by atoms with E-state index in [1.165, 1.54) is 0 Å². The van der Waals surface area contributed by atoms with Crippen LogP contribution in [-0.4, -0.2) is 20.8 Å². The van der Waals surface area contributed by atoms with E-state index < -0.39 is 19.3 Å². The van der Waals surface area contributed by atoms with Crippen LogP contribution in [0.1, 0.15) is 5.69 Å². The molecule has 1 aromatic rings. The molecular weight excluding hydrogens is 209 g/mol. The molecule has 7 heteroatoms. The Morgan fingerprint density at radius 3 is 2.62 bits per heavy atom. The second-order valence-electron chi connectivity index (χ2n) is 2.38. The van der Waals surface area contributed by atoms with E-state index in [0.717, 1.165) is 10.9 Å². The minimum absolute atomic E-state index is 0.0287. The van der Waals surface area contributed by atoms with Gasteiger partial charge in [0.2, 0.25) is 0 Å². The molecule has 0 aliphatic carbocycles. The number of hydrogen-bond acceptors (Lipinski definition) is 2. The Kier molecular flexibility index (Phi) is 2.82. The Hall–Kier alpha value is -0.750. The summed E-state index contributed by atoms with van der Waals surface area (Å²) >= 11 is 5.41. The zero-order chi connectivity index (χ0) is 10.1. The molecule has 0 spiro atoms. The molecule has 13 heavy (non-hydrogen) atoms. The maximum atomic E-state index is 11.9. The van der Waals surface area contributed by atoms with Crippen LogP contribution in [0, 0.1) is 0 Å². The molecule has 1 aromatic heterocycles. The zero-order valence-corrected chi connectivity index (χ0v) is 7.10. The lowest BCUT2D eigenvalue weighted by atomic mass is 10.5. The number of halogens is 4. The second kappa shape index (κ2) is 3.55. The number of rotatable bonds is 2. The van der Waals surface area contributed by atoms with E-state index in [1.807, 2.05) is 0 Å². The maximum Gasteiger partial charge on any atom is 0.406 e. The normalized spacial score (nSPS) is 12.1. The first-order valence-corrected chi connectivity index (χ1v) is 3.69. The maximum absolute atomic E-state index is 11.9. The summed E-state index contributed by atoms with van der Waals surface area (Å²) in [4.78, 5) is 3.44. The number of nitrogens with zero attached hydrogens (tertiary/aromatic N) is 2. The van der Waals surface area contributed by atoms with E-state index in [4.69, 9.17) is 16.7 Å². The zero-order valence-electron chi connectivity index (χ0n) is 6.35. The van der Waals surface area contributed by atoms with Gasteiger partial charge in [0.15, 0.2) is 5.15 Å². The fourth-order valence-electron chi connectivity index (χ4n) is 0.869. The Labute approximate surface area is 76.8 Å². The number of imidazole rings is 1. The molecule has 1 rings (SSSR count). The molecule has 0 saturated carbocycles. The average molecular weight is 215 g/mol. The highest BCUT2D eigenvalue weighted by molar-refractivity contribution is 6.30. The smallest absolute Gasteiger partial charge is 0.390 e. The molecule has 0 aliphatic heterocycles. The number of aliphatic hydroxyl groups is 1. The molecule has 1 heterocycles. The number of alkyl halides is 3. The van der Waals surface area contributed by atoms with Gasteiger partial charge >= 0.3 is 6.18 Å². The van der Waals surface area contributed by atoms with E-state index in [0.29, 0.717) is 0 Å². The molecule has 0 fully saturated rings. The van der Waals surface area contributed by atoms with Gasteiger partial charge in [-0.15, -0.1) is 0 Å². The fourth-order valence-corrected chi connectivity index (χ4v) is 1.08. The van der Waals surface area contributed by atoms with Crippen LogP contribution in [0.4, 0.5) is 13.2 Å². The molecule has 0 saturated heterocycles. The van der Waals surface area contributed by atoms with Crippen LogP contribution in [-0.2, 0) is 13.2 Å². The van der Waals surface area contributed by atoms with Gasteiger partial charge in [0.25, 0.3) is 0 Å². The third-order valence-corrected chi connectivity index (χ3v) is 1.71. The molecule has 0 aromatic carbocycles. The van der Waals surface area contributed by atoms with Crippen LogP contribution in [0.3, 0.4) is 0 Å². The van der Waals surface area contributed by atoms with Gasteiger partial charge in [-0.05, 0) is 0 Å². The minimum Gasteiger partial charge on any atom is -0.390 e. The summed E-state index contributed by atoms with van der Waals surface area (Å²) in [5.74, 6) is 0. The Morgan fingerprint density at radius 1 is 1.54 bits per heavy atom. The van der Waals surface area contributed by atoms with Crippen molar-refractivity contribution in [3.8, 4) is 0 Å². The van der Waals surface area contributed by atoms with Crippen molar-refractivity contribution in [2.24, 2.45) is 0 Å². The first kappa shape index (κ1) is 10.3. The van der Waals surface area contributed by atoms with Crippen LogP contribution in [0.5, 0.6) is 0 Å². The molecule has 3 nitrogen and oxygen atoms in total. The van der Waals surface area contributed by atoms with Gasteiger partial charge in [0.1, 0.15) is 6.54 Å². The number of aliphatic hydroxyl groups excluding tert-OH is 1. The third kappa shape index (κ3) is 2.60. The molecule has 74 valence electrons. The summed E-state index contributed by atoms with van der Waals surface area (Å²) in [6.45, 7) is -1.75. The van der Waals surface area contributed by atoms with Crippen LogP contribution >= 0.6 is 11.6 Å². The van der Waals surface area contributed by atoms with Crippen molar-refractivity contribution in [2.75, 3.05) is 0 Å². The van der Waals surface area contributed by atoms with Crippen molar-refractivity contribution in [1.82, 2.24) is 9.55 Å². The quantitative estimate of drug-likeness (QED) is 0.812. The summed E-state index contributed by atoms with van der Waals surface area (Å²) in [6, 6.07) is 0. The lowest BCUT2D eigenvalue weighted by Crippen LogP contribution is -2.18. The highest BCUT2D eigenvalue weighted by Gasteiger charge is 2.29. The van der Waals surface area contributed by atoms with Gasteiger partial charge in [-0.1, -0.05) is 11.6 Å². The van der Waals surface area contributed by atoms with Gasteiger partial charge < -0.3 is 9.67 Å². The van der Waals surface area contributed by atoms with Gasteiger partial charge in [-0.3, -0.25) is 0 Å². The third-order valence-electron chi connectivity index (χ3n) is 1.39. The highest BCUT2D eigenvalue weighted by Crippen LogP contribution is 2.21. The first-order valence-electron chi connectivity index (χ1n) is 3.31. The van der Waals surface area contributed by atoms with Gasteiger partial charge in [-0.25, -0.2) is 4.98 Å². The molecule has 0 unspecified atom stereocenters. The minimum atomic E-state index is -4.34. The van der Waals surface area contributed by atoms with E-state index >= 15 is 0 Å². The standard InChI is InChI=1S/C6H6ClF3N2O/c7-5-4(1-13)12(3-11-5)2-6(8,9)10/h3,13H,1-2H2. The van der Waals surface area contributed by atoms with Crippen LogP contribution in [0.15, 0.2) is 6.33 Å². The molecule has 0 bridgehead atoms. The Morgan fingerprint density at radius 2 is 2.15 bits per heavy atom. The highest BCUT2D eigenvalue weighted by atomic mass is 35.5. The van der Waals surface area contributed by atoms with Crippen LogP contribution < -0.4 is 0 Å². The van der Waals surface area contributed by atoms with Crippen molar-refractivity contribution in [2.45, 2.75) is 19.3 Å². The summed E-state index contributed by atoms with van der Waals surface area (Å²) in [5.41, 5.74) is -0.0287. The summed E-state index contributed by atoms with van der Waals surface area (Å²) in [6.07, 6.45) is -3.39. The Bertz CT molecular complexity index is 297. The molecule has 0 radical (unpaired) electrons. The number of hydrogen-bond donors (Lipinski definition) is 1. The average Bonchev–Trinajstić information content (AvgIpc) is 2.28. The van der Waals surface area contributed by atoms with Crippen LogP contribution in [0.2, 0.25) is 5.15 Å². The number of aromatic nitrogens is 2. The topological polar surface area (TPSA) is 38.1 Å². The molecule has 0 atom stereocenters. The predicted molar refractivity (Wildman–Crippen MR) is 39.2 cm³/mol. The van der Waals surface area contributed by atoms with Crippen molar-refractivity contribution in [1.29, 1.82) is 0 Å². The predicted octanol–water partition coefficient (Wildman–Crippen LogP) is 1.59. The second-order valence-corrected chi connectivity index (χ2v) is 2.74. The summed E-state index contributed by atoms with van der Waals surface area (Å²) in [7, 11) is 0. The van der Waals surface area contributed by atoms with Gasteiger partial charge in [0.05, 0.1) is 18.6 Å². The Balaban J connectivity index is 2.89. The van der Waals surface area contributed by atoms with E-state index in [-0.39, 0.29) is 10.8 Å². The van der Waals surface area contributed by atoms with Gasteiger partial charge in [0, 0.05) is 0 Å². The largest absolute Gasteiger partial charge is 0.406 e. The van der Waals surface area contributed by atoms with E-state index in [2.05, 4.69) is 4.98 Å². The molecule has 1 N–H and O–H groups in total. The van der Waals surface area contributed by atoms with Crippen molar-refractivity contribution in [3.05, 3.63) is 17.2 Å². The molecule has 0 amide bonds. The SMILES string of the molecule is OCc1c(Cl)ncn1CC(F)(F)F. The van der Waals surface area contributed by atoms with Crippen LogP contribution in [0.25, 0.3) is 0 Å².